The molecule has 0 amide bonds. The Morgan fingerprint density at radius 1 is 0.963 bits per heavy atom. The number of halogens is 1. The number of hydrogen-bond acceptors (Lipinski definition) is 4. The van der Waals surface area contributed by atoms with E-state index in [1.54, 1.807) is 6.92 Å². The Kier molecular flexibility index (Phi) is 13.2. The van der Waals surface area contributed by atoms with Crippen LogP contribution in [-0.2, 0) is 14.2 Å². The van der Waals surface area contributed by atoms with Gasteiger partial charge in [-0.1, -0.05) is 38.1 Å². The highest BCUT2D eigenvalue weighted by Crippen LogP contribution is 2.25. The van der Waals surface area contributed by atoms with Gasteiger partial charge in [-0.3, -0.25) is 4.79 Å². The fourth-order valence-electron chi connectivity index (χ4n) is 2.79. The number of unbranched alkanes of at least 4 members (excludes halogenated alkanes) is 2. The zero-order chi connectivity index (χ0) is 19.9. The molecule has 0 N–H and O–H groups in total. The zero-order valence-corrected chi connectivity index (χ0v) is 17.7. The summed E-state index contributed by atoms with van der Waals surface area (Å²) in [5.41, 5.74) is 1.99. The summed E-state index contributed by atoms with van der Waals surface area (Å²) in [6.45, 7) is 9.64. The van der Waals surface area contributed by atoms with E-state index in [1.165, 1.54) is 11.6 Å². The van der Waals surface area contributed by atoms with Gasteiger partial charge in [0, 0.05) is 31.3 Å². The molecule has 0 aliphatic carbocycles. The summed E-state index contributed by atoms with van der Waals surface area (Å²) in [5, 5.41) is 0. The number of benzene rings is 1. The Morgan fingerprint density at radius 2 is 1.52 bits per heavy atom. The topological polar surface area (TPSA) is 44.8 Å². The Hall–Kier alpha value is -1.07. The molecule has 0 saturated heterocycles. The Bertz CT molecular complexity index is 502. The predicted molar refractivity (Wildman–Crippen MR) is 110 cm³/mol. The lowest BCUT2D eigenvalue weighted by atomic mass is 9.88. The van der Waals surface area contributed by atoms with Crippen molar-refractivity contribution in [2.75, 3.05) is 33.0 Å². The van der Waals surface area contributed by atoms with Gasteiger partial charge in [0.25, 0.3) is 0 Å². The molecule has 4 nitrogen and oxygen atoms in total. The molecular weight excluding hydrogens is 364 g/mol. The van der Waals surface area contributed by atoms with Gasteiger partial charge >= 0.3 is 6.07 Å². The van der Waals surface area contributed by atoms with Crippen LogP contribution in [0.25, 0.3) is 0 Å². The maximum Gasteiger partial charge on any atom is 0.335 e. The van der Waals surface area contributed by atoms with Crippen LogP contribution < -0.4 is 0 Å². The van der Waals surface area contributed by atoms with Crippen molar-refractivity contribution in [3.63, 3.8) is 0 Å². The molecule has 0 bridgehead atoms. The molecule has 0 spiro atoms. The molecule has 0 fully saturated rings. The Labute approximate surface area is 169 Å². The molecule has 1 rings (SSSR count). The number of carbonyl (C=O) groups is 1. The fraction of sp³-hybridized carbons (Fsp3) is 0.636. The van der Waals surface area contributed by atoms with Gasteiger partial charge in [-0.15, -0.1) is 0 Å². The van der Waals surface area contributed by atoms with Crippen LogP contribution in [0.1, 0.15) is 68.3 Å². The van der Waals surface area contributed by atoms with E-state index in [2.05, 4.69) is 26.0 Å². The maximum absolute atomic E-state index is 11.4. The van der Waals surface area contributed by atoms with Crippen LogP contribution in [0.2, 0.25) is 0 Å². The molecule has 1 aromatic rings. The van der Waals surface area contributed by atoms with Crippen molar-refractivity contribution in [2.24, 2.45) is 5.92 Å². The molecule has 1 atom stereocenters. The SMILES string of the molecule is CC(=O)c1ccc(C(COCCCCOCCCCO[CH+]Cl)C(C)C)cc1. The van der Waals surface area contributed by atoms with E-state index in [1.807, 2.05) is 12.1 Å². The van der Waals surface area contributed by atoms with Gasteiger partial charge in [0.05, 0.1) is 6.61 Å². The molecule has 5 heteroatoms. The number of ether oxygens (including phenoxy) is 3. The minimum Gasteiger partial charge on any atom is -0.381 e. The monoisotopic (exact) mass is 397 g/mol. The highest BCUT2D eigenvalue weighted by molar-refractivity contribution is 6.22. The van der Waals surface area contributed by atoms with Crippen LogP contribution in [0.3, 0.4) is 0 Å². The van der Waals surface area contributed by atoms with E-state index in [9.17, 15) is 4.79 Å². The van der Waals surface area contributed by atoms with E-state index in [0.717, 1.165) is 51.1 Å². The Morgan fingerprint density at radius 3 is 2.04 bits per heavy atom. The first kappa shape index (κ1) is 24.0. The molecule has 1 unspecified atom stereocenters. The summed E-state index contributed by atoms with van der Waals surface area (Å²) >= 11 is 5.31. The third-order valence-electron chi connectivity index (χ3n) is 4.54. The molecule has 0 aliphatic heterocycles. The van der Waals surface area contributed by atoms with E-state index < -0.39 is 0 Å². The number of rotatable bonds is 16. The van der Waals surface area contributed by atoms with Crippen LogP contribution >= 0.6 is 11.6 Å². The van der Waals surface area contributed by atoms with E-state index in [-0.39, 0.29) is 5.78 Å². The molecule has 0 aromatic heterocycles. The molecule has 152 valence electrons. The maximum atomic E-state index is 11.4. The predicted octanol–water partition coefficient (Wildman–Crippen LogP) is 5.60. The molecule has 0 aliphatic rings. The van der Waals surface area contributed by atoms with Gasteiger partial charge in [-0.2, -0.15) is 4.74 Å². The molecular formula is C22H34ClO4+. The first-order chi connectivity index (χ1) is 13.1. The summed E-state index contributed by atoms with van der Waals surface area (Å²) in [6.07, 6.45) is 3.94. The van der Waals surface area contributed by atoms with Gasteiger partial charge in [0.2, 0.25) is 0 Å². The fourth-order valence-corrected chi connectivity index (χ4v) is 2.88. The highest BCUT2D eigenvalue weighted by Gasteiger charge is 2.16. The van der Waals surface area contributed by atoms with Crippen molar-refractivity contribution in [1.29, 1.82) is 0 Å². The summed E-state index contributed by atoms with van der Waals surface area (Å²) in [6, 6.07) is 9.12. The lowest BCUT2D eigenvalue weighted by molar-refractivity contribution is 0.0867. The summed E-state index contributed by atoms with van der Waals surface area (Å²) in [7, 11) is 0. The Balaban J connectivity index is 2.14. The van der Waals surface area contributed by atoms with Gasteiger partial charge in [-0.25, -0.2) is 0 Å². The smallest absolute Gasteiger partial charge is 0.335 e. The van der Waals surface area contributed by atoms with Crippen molar-refractivity contribution >= 4 is 17.4 Å². The minimum absolute atomic E-state index is 0.100. The summed E-state index contributed by atoms with van der Waals surface area (Å²) < 4.78 is 16.4. The second kappa shape index (κ2) is 14.9. The van der Waals surface area contributed by atoms with Crippen LogP contribution in [0.15, 0.2) is 24.3 Å². The third-order valence-corrected chi connectivity index (χ3v) is 4.66. The highest BCUT2D eigenvalue weighted by atomic mass is 35.5. The first-order valence-electron chi connectivity index (χ1n) is 9.86. The average molecular weight is 398 g/mol. The molecule has 27 heavy (non-hydrogen) atoms. The van der Waals surface area contributed by atoms with Gasteiger partial charge < -0.3 is 9.47 Å². The van der Waals surface area contributed by atoms with Gasteiger partial charge in [0.1, 0.15) is 6.61 Å². The van der Waals surface area contributed by atoms with E-state index >= 15 is 0 Å². The first-order valence-corrected chi connectivity index (χ1v) is 10.3. The van der Waals surface area contributed by atoms with Crippen LogP contribution in [-0.4, -0.2) is 38.8 Å². The molecule has 1 aromatic carbocycles. The van der Waals surface area contributed by atoms with Crippen molar-refractivity contribution in [2.45, 2.75) is 52.4 Å². The van der Waals surface area contributed by atoms with E-state index in [0.29, 0.717) is 25.0 Å². The van der Waals surface area contributed by atoms with Crippen molar-refractivity contribution in [1.82, 2.24) is 0 Å². The normalized spacial score (nSPS) is 12.3. The van der Waals surface area contributed by atoms with Crippen LogP contribution in [0.5, 0.6) is 0 Å². The lowest BCUT2D eigenvalue weighted by Crippen LogP contribution is -2.15. The number of hydrogen-bond donors (Lipinski definition) is 0. The average Bonchev–Trinajstić information content (AvgIpc) is 2.65. The van der Waals surface area contributed by atoms with Gasteiger partial charge in [0.15, 0.2) is 17.4 Å². The molecule has 0 heterocycles. The number of carbonyl (C=O) groups excluding carboxylic acids is 1. The second-order valence-corrected chi connectivity index (χ2v) is 7.27. The summed E-state index contributed by atoms with van der Waals surface area (Å²) in [4.78, 5) is 11.4. The van der Waals surface area contributed by atoms with Crippen LogP contribution in [0, 0.1) is 12.0 Å². The number of ketones is 1. The zero-order valence-electron chi connectivity index (χ0n) is 16.9. The molecule has 0 radical (unpaired) electrons. The quantitative estimate of drug-likeness (QED) is 0.207. The minimum atomic E-state index is 0.100. The standard InChI is InChI=1S/C22H34ClO4/c1-18(2)22(21-10-8-20(9-11-21)19(3)24)16-26-14-6-4-12-25-13-5-7-15-27-17-23/h8-11,17-18,22H,4-7,12-16H2,1-3H3/q+1. The van der Waals surface area contributed by atoms with Crippen molar-refractivity contribution < 1.29 is 19.0 Å². The van der Waals surface area contributed by atoms with Crippen molar-refractivity contribution in [3.8, 4) is 0 Å². The van der Waals surface area contributed by atoms with E-state index in [4.69, 9.17) is 25.8 Å². The summed E-state index contributed by atoms with van der Waals surface area (Å²) in [5.74, 6) is 0.926. The largest absolute Gasteiger partial charge is 0.381 e. The van der Waals surface area contributed by atoms with Crippen LogP contribution in [0.4, 0.5) is 0 Å². The lowest BCUT2D eigenvalue weighted by Gasteiger charge is -2.21. The third kappa shape index (κ3) is 10.7. The van der Waals surface area contributed by atoms with Crippen molar-refractivity contribution in [3.05, 3.63) is 41.5 Å². The second-order valence-electron chi connectivity index (χ2n) is 7.09. The van der Waals surface area contributed by atoms with Gasteiger partial charge in [-0.05, 0) is 44.1 Å². The number of Topliss-reactive ketones (excluding diaryl/α,β-unsaturated/α-hetero) is 1. The molecule has 0 saturated carbocycles.